The molecule has 26 heavy (non-hydrogen) atoms. The monoisotopic (exact) mass is 346 g/mol. The molecule has 0 amide bonds. The fraction of sp³-hybridized carbons (Fsp3) is 0.286. The number of Topliss-reactive ketones (excluding diaryl/α,β-unsaturated/α-hetero) is 1. The first kappa shape index (κ1) is 16.7. The molecule has 3 heterocycles. The predicted octanol–water partition coefficient (Wildman–Crippen LogP) is 3.36. The van der Waals surface area contributed by atoms with E-state index in [-0.39, 0.29) is 11.7 Å². The van der Waals surface area contributed by atoms with Crippen molar-refractivity contribution in [2.75, 3.05) is 13.1 Å². The highest BCUT2D eigenvalue weighted by Crippen LogP contribution is 2.22. The number of pyridine rings is 1. The standard InChI is InChI=1S/C21H22N4O/c26-21(20-5-1-2-10-23-20)18-4-3-12-24(15-18)14-17-6-8-19(9-7-17)25-13-11-22-16-25/h1-2,5-11,13,16,18H,3-4,12,14-15H2/t18-/m1/s1. The molecule has 0 spiro atoms. The normalized spacial score (nSPS) is 17.9. The zero-order valence-electron chi connectivity index (χ0n) is 14.7. The number of rotatable bonds is 5. The Hall–Kier alpha value is -2.79. The molecule has 1 aliphatic rings. The van der Waals surface area contributed by atoms with Gasteiger partial charge < -0.3 is 4.57 Å². The summed E-state index contributed by atoms with van der Waals surface area (Å²) in [7, 11) is 0. The van der Waals surface area contributed by atoms with Crippen LogP contribution in [0.1, 0.15) is 28.9 Å². The first-order chi connectivity index (χ1) is 12.8. The van der Waals surface area contributed by atoms with Crippen LogP contribution in [0.15, 0.2) is 67.4 Å². The third-order valence-corrected chi connectivity index (χ3v) is 4.94. The summed E-state index contributed by atoms with van der Waals surface area (Å²) in [5.74, 6) is 0.217. The molecule has 4 rings (SSSR count). The lowest BCUT2D eigenvalue weighted by atomic mass is 9.91. The third kappa shape index (κ3) is 3.73. The molecular weight excluding hydrogens is 324 g/mol. The Morgan fingerprint density at radius 2 is 2.00 bits per heavy atom. The van der Waals surface area contributed by atoms with E-state index >= 15 is 0 Å². The fourth-order valence-electron chi connectivity index (χ4n) is 3.57. The number of aromatic nitrogens is 3. The van der Waals surface area contributed by atoms with Crippen molar-refractivity contribution in [1.29, 1.82) is 0 Å². The lowest BCUT2D eigenvalue weighted by molar-refractivity contribution is 0.0806. The molecule has 0 unspecified atom stereocenters. The highest BCUT2D eigenvalue weighted by Gasteiger charge is 2.27. The highest BCUT2D eigenvalue weighted by atomic mass is 16.1. The molecular formula is C21H22N4O. The summed E-state index contributed by atoms with van der Waals surface area (Å²) < 4.78 is 1.99. The molecule has 0 N–H and O–H groups in total. The topological polar surface area (TPSA) is 51.0 Å². The van der Waals surface area contributed by atoms with Gasteiger partial charge in [0.25, 0.3) is 0 Å². The van der Waals surface area contributed by atoms with E-state index in [9.17, 15) is 4.79 Å². The van der Waals surface area contributed by atoms with Gasteiger partial charge in [-0.05, 0) is 49.2 Å². The van der Waals surface area contributed by atoms with Gasteiger partial charge in [-0.1, -0.05) is 18.2 Å². The Bertz CT molecular complexity index is 843. The third-order valence-electron chi connectivity index (χ3n) is 4.94. The van der Waals surface area contributed by atoms with E-state index in [0.717, 1.165) is 38.2 Å². The molecule has 1 atom stereocenters. The lowest BCUT2D eigenvalue weighted by Gasteiger charge is -2.31. The van der Waals surface area contributed by atoms with Crippen molar-refractivity contribution < 1.29 is 4.79 Å². The summed E-state index contributed by atoms with van der Waals surface area (Å²) >= 11 is 0. The van der Waals surface area contributed by atoms with Gasteiger partial charge >= 0.3 is 0 Å². The molecule has 1 saturated heterocycles. The average molecular weight is 346 g/mol. The molecule has 2 aromatic heterocycles. The van der Waals surface area contributed by atoms with Gasteiger partial charge in [-0.2, -0.15) is 0 Å². The van der Waals surface area contributed by atoms with Crippen LogP contribution in [0.2, 0.25) is 0 Å². The Kier molecular flexibility index (Phi) is 4.88. The van der Waals surface area contributed by atoms with Crippen molar-refractivity contribution in [1.82, 2.24) is 19.4 Å². The van der Waals surface area contributed by atoms with Crippen LogP contribution in [0.4, 0.5) is 0 Å². The van der Waals surface area contributed by atoms with Crippen molar-refractivity contribution in [3.05, 3.63) is 78.6 Å². The van der Waals surface area contributed by atoms with Crippen molar-refractivity contribution in [2.45, 2.75) is 19.4 Å². The van der Waals surface area contributed by atoms with Crippen LogP contribution in [0.5, 0.6) is 0 Å². The molecule has 3 aromatic rings. The molecule has 0 saturated carbocycles. The number of nitrogens with zero attached hydrogens (tertiary/aromatic N) is 4. The van der Waals surface area contributed by atoms with E-state index in [1.807, 2.05) is 29.0 Å². The van der Waals surface area contributed by atoms with Crippen molar-refractivity contribution >= 4 is 5.78 Å². The number of benzene rings is 1. The maximum atomic E-state index is 12.7. The summed E-state index contributed by atoms with van der Waals surface area (Å²) in [5.41, 5.74) is 2.96. The maximum absolute atomic E-state index is 12.7. The molecule has 5 nitrogen and oxygen atoms in total. The minimum absolute atomic E-state index is 0.0453. The van der Waals surface area contributed by atoms with Gasteiger partial charge in [0.2, 0.25) is 0 Å². The van der Waals surface area contributed by atoms with Crippen molar-refractivity contribution in [3.63, 3.8) is 0 Å². The van der Waals surface area contributed by atoms with Gasteiger partial charge in [0, 0.05) is 43.3 Å². The van der Waals surface area contributed by atoms with Gasteiger partial charge in [0.15, 0.2) is 5.78 Å². The molecule has 1 aliphatic heterocycles. The Labute approximate surface area is 153 Å². The number of likely N-dealkylation sites (tertiary alicyclic amines) is 1. The predicted molar refractivity (Wildman–Crippen MR) is 100 cm³/mol. The number of carbonyl (C=O) groups excluding carboxylic acids is 1. The second-order valence-electron chi connectivity index (χ2n) is 6.79. The number of imidazole rings is 1. The van der Waals surface area contributed by atoms with Gasteiger partial charge in [0.1, 0.15) is 5.69 Å². The SMILES string of the molecule is O=C(c1ccccn1)[C@@H]1CCCN(Cc2ccc(-n3ccnc3)cc2)C1. The largest absolute Gasteiger partial charge is 0.306 e. The van der Waals surface area contributed by atoms with Crippen LogP contribution in [0, 0.1) is 5.92 Å². The van der Waals surface area contributed by atoms with E-state index in [1.54, 1.807) is 18.7 Å². The van der Waals surface area contributed by atoms with Crippen LogP contribution in [-0.2, 0) is 6.54 Å². The number of hydrogen-bond donors (Lipinski definition) is 0. The first-order valence-electron chi connectivity index (χ1n) is 9.04. The molecule has 1 fully saturated rings. The minimum Gasteiger partial charge on any atom is -0.306 e. The van der Waals surface area contributed by atoms with Crippen LogP contribution in [0.25, 0.3) is 5.69 Å². The second kappa shape index (κ2) is 7.62. The van der Waals surface area contributed by atoms with Gasteiger partial charge in [-0.15, -0.1) is 0 Å². The minimum atomic E-state index is 0.0453. The Balaban J connectivity index is 1.40. The van der Waals surface area contributed by atoms with Crippen LogP contribution in [0.3, 0.4) is 0 Å². The van der Waals surface area contributed by atoms with E-state index in [0.29, 0.717) is 5.69 Å². The number of ketones is 1. The van der Waals surface area contributed by atoms with Crippen molar-refractivity contribution in [2.24, 2.45) is 5.92 Å². The summed E-state index contributed by atoms with van der Waals surface area (Å²) in [6.45, 7) is 2.71. The quantitative estimate of drug-likeness (QED) is 0.665. The molecule has 5 heteroatoms. The van der Waals surface area contributed by atoms with E-state index in [2.05, 4.69) is 39.1 Å². The van der Waals surface area contributed by atoms with Crippen molar-refractivity contribution in [3.8, 4) is 5.69 Å². The molecule has 0 aliphatic carbocycles. The van der Waals surface area contributed by atoms with E-state index in [1.165, 1.54) is 5.56 Å². The van der Waals surface area contributed by atoms with Gasteiger partial charge in [-0.25, -0.2) is 4.98 Å². The molecule has 0 bridgehead atoms. The smallest absolute Gasteiger partial charge is 0.185 e. The fourth-order valence-corrected chi connectivity index (χ4v) is 3.57. The van der Waals surface area contributed by atoms with Crippen LogP contribution < -0.4 is 0 Å². The van der Waals surface area contributed by atoms with Crippen LogP contribution >= 0.6 is 0 Å². The Morgan fingerprint density at radius 3 is 2.73 bits per heavy atom. The van der Waals surface area contributed by atoms with E-state index in [4.69, 9.17) is 0 Å². The zero-order chi connectivity index (χ0) is 17.8. The summed E-state index contributed by atoms with van der Waals surface area (Å²) in [5, 5.41) is 0. The first-order valence-corrected chi connectivity index (χ1v) is 9.04. The number of piperidine rings is 1. The van der Waals surface area contributed by atoms with Gasteiger partial charge in [0.05, 0.1) is 6.33 Å². The summed E-state index contributed by atoms with van der Waals surface area (Å²) in [6, 6.07) is 14.1. The lowest BCUT2D eigenvalue weighted by Crippen LogP contribution is -2.38. The molecule has 0 radical (unpaired) electrons. The number of hydrogen-bond acceptors (Lipinski definition) is 4. The zero-order valence-corrected chi connectivity index (χ0v) is 14.7. The summed E-state index contributed by atoms with van der Waals surface area (Å²) in [6.07, 6.45) is 9.21. The maximum Gasteiger partial charge on any atom is 0.185 e. The molecule has 1 aromatic carbocycles. The highest BCUT2D eigenvalue weighted by molar-refractivity contribution is 5.96. The van der Waals surface area contributed by atoms with Crippen LogP contribution in [-0.4, -0.2) is 38.3 Å². The number of carbonyl (C=O) groups is 1. The average Bonchev–Trinajstić information content (AvgIpc) is 3.24. The summed E-state index contributed by atoms with van der Waals surface area (Å²) in [4.78, 5) is 23.4. The van der Waals surface area contributed by atoms with Gasteiger partial charge in [-0.3, -0.25) is 14.7 Å². The molecule has 132 valence electrons. The van der Waals surface area contributed by atoms with E-state index < -0.39 is 0 Å². The second-order valence-corrected chi connectivity index (χ2v) is 6.79. The Morgan fingerprint density at radius 1 is 1.12 bits per heavy atom.